The van der Waals surface area contributed by atoms with E-state index >= 15 is 0 Å². The van der Waals surface area contributed by atoms with Crippen molar-refractivity contribution in [1.82, 2.24) is 5.32 Å². The smallest absolute Gasteiger partial charge is 0.309 e. The highest BCUT2D eigenvalue weighted by molar-refractivity contribution is 6.29. The van der Waals surface area contributed by atoms with Crippen LogP contribution in [0.1, 0.15) is 59.1 Å². The van der Waals surface area contributed by atoms with Crippen molar-refractivity contribution < 1.29 is 38.8 Å². The van der Waals surface area contributed by atoms with Crippen LogP contribution in [0.4, 0.5) is 0 Å². The fourth-order valence-corrected chi connectivity index (χ4v) is 5.31. The third-order valence-corrected chi connectivity index (χ3v) is 6.95. The van der Waals surface area contributed by atoms with E-state index in [4.69, 9.17) is 14.2 Å². The summed E-state index contributed by atoms with van der Waals surface area (Å²) < 4.78 is 17.0. The van der Waals surface area contributed by atoms with E-state index in [1.165, 1.54) is 6.07 Å². The summed E-state index contributed by atoms with van der Waals surface area (Å²) in [5.41, 5.74) is 0.618. The predicted molar refractivity (Wildman–Crippen MR) is 109 cm³/mol. The Hall–Kier alpha value is -2.59. The van der Waals surface area contributed by atoms with Crippen molar-refractivity contribution in [3.63, 3.8) is 0 Å². The standard InChI is InChI=1S/C23H25NO8/c1-8-16-18(23-14(30-8)7-15(25)32-23)21(28)11-5-4-10(20(27)17(11)22(16)29)13-6-12(24-3)19(26)9(2)31-13/h4-5,8-9,12-14,19,23-24,26-27H,6-7H2,1-3H3/t8-,9-,12-,13-,14-,19-,23+/m1/s1. The van der Waals surface area contributed by atoms with Crippen molar-refractivity contribution in [3.8, 4) is 5.75 Å². The van der Waals surface area contributed by atoms with Crippen LogP contribution in [-0.4, -0.2) is 71.4 Å². The van der Waals surface area contributed by atoms with Crippen molar-refractivity contribution in [1.29, 1.82) is 0 Å². The average molecular weight is 443 g/mol. The number of fused-ring (bicyclic) bond motifs is 3. The molecule has 0 spiro atoms. The monoisotopic (exact) mass is 443 g/mol. The van der Waals surface area contributed by atoms with Crippen LogP contribution in [0.3, 0.4) is 0 Å². The fraction of sp³-hybridized carbons (Fsp3) is 0.522. The van der Waals surface area contributed by atoms with Crippen LogP contribution in [-0.2, 0) is 19.0 Å². The summed E-state index contributed by atoms with van der Waals surface area (Å²) in [4.78, 5) is 38.7. The van der Waals surface area contributed by atoms with Gasteiger partial charge in [0.1, 0.15) is 11.9 Å². The molecular formula is C23H25NO8. The molecule has 2 fully saturated rings. The van der Waals surface area contributed by atoms with Crippen LogP contribution in [0, 0.1) is 0 Å². The number of hydrogen-bond acceptors (Lipinski definition) is 9. The summed E-state index contributed by atoms with van der Waals surface area (Å²) >= 11 is 0. The number of carbonyl (C=O) groups excluding carboxylic acids is 3. The maximum absolute atomic E-state index is 13.5. The fourth-order valence-electron chi connectivity index (χ4n) is 5.31. The van der Waals surface area contributed by atoms with E-state index < -0.39 is 54.2 Å². The van der Waals surface area contributed by atoms with Gasteiger partial charge in [0, 0.05) is 22.7 Å². The van der Waals surface area contributed by atoms with Crippen molar-refractivity contribution in [2.75, 3.05) is 7.05 Å². The molecule has 0 unspecified atom stereocenters. The number of ether oxygens (including phenoxy) is 3. The molecule has 0 amide bonds. The first-order chi connectivity index (χ1) is 15.2. The maximum Gasteiger partial charge on any atom is 0.309 e. The molecule has 3 N–H and O–H groups in total. The zero-order chi connectivity index (χ0) is 22.9. The summed E-state index contributed by atoms with van der Waals surface area (Å²) in [5.74, 6) is -1.75. The number of likely N-dealkylation sites (N-methyl/N-ethyl adjacent to an activating group) is 1. The summed E-state index contributed by atoms with van der Waals surface area (Å²) in [6, 6.07) is 2.83. The first-order valence-electron chi connectivity index (χ1n) is 10.8. The first kappa shape index (κ1) is 21.3. The van der Waals surface area contributed by atoms with Crippen LogP contribution < -0.4 is 5.32 Å². The molecule has 0 aromatic heterocycles. The third kappa shape index (κ3) is 2.96. The largest absolute Gasteiger partial charge is 0.507 e. The van der Waals surface area contributed by atoms with Crippen LogP contribution in [0.25, 0.3) is 0 Å². The van der Waals surface area contributed by atoms with E-state index in [2.05, 4.69) is 5.32 Å². The average Bonchev–Trinajstić information content (AvgIpc) is 3.12. The number of phenolic OH excluding ortho intramolecular Hbond substituents is 1. The van der Waals surface area contributed by atoms with Gasteiger partial charge < -0.3 is 29.7 Å². The molecule has 4 aliphatic rings. The lowest BCUT2D eigenvalue weighted by Crippen LogP contribution is -2.50. The second-order valence-electron chi connectivity index (χ2n) is 8.79. The number of nitrogens with one attached hydrogen (secondary N) is 1. The number of hydrogen-bond donors (Lipinski definition) is 3. The Morgan fingerprint density at radius 3 is 2.53 bits per heavy atom. The maximum atomic E-state index is 13.5. The van der Waals surface area contributed by atoms with E-state index in [-0.39, 0.29) is 40.5 Å². The first-order valence-corrected chi connectivity index (χ1v) is 10.8. The number of Topliss-reactive ketones (excluding diaryl/α,β-unsaturated/α-hetero) is 2. The number of aromatic hydroxyl groups is 1. The van der Waals surface area contributed by atoms with Crippen molar-refractivity contribution >= 4 is 17.5 Å². The summed E-state index contributed by atoms with van der Waals surface area (Å²) in [5, 5.41) is 24.4. The molecular weight excluding hydrogens is 418 g/mol. The molecule has 9 heteroatoms. The Bertz CT molecular complexity index is 1060. The molecule has 9 nitrogen and oxygen atoms in total. The van der Waals surface area contributed by atoms with Gasteiger partial charge in [-0.3, -0.25) is 14.4 Å². The SMILES string of the molecule is CN[C@@H]1C[C@H](c2ccc3c(c2O)C(=O)C2=C(C3=O)[C@H]3OC(=O)C[C@H]3O[C@@H]2C)O[C@H](C)[C@H]1O. The molecule has 32 heavy (non-hydrogen) atoms. The molecule has 5 rings (SSSR count). The summed E-state index contributed by atoms with van der Waals surface area (Å²) in [6.07, 6.45) is -3.62. The van der Waals surface area contributed by atoms with E-state index in [1.54, 1.807) is 27.0 Å². The third-order valence-electron chi connectivity index (χ3n) is 6.95. The highest BCUT2D eigenvalue weighted by Crippen LogP contribution is 2.45. The zero-order valence-corrected chi connectivity index (χ0v) is 18.0. The molecule has 7 atom stereocenters. The minimum Gasteiger partial charge on any atom is -0.507 e. The van der Waals surface area contributed by atoms with Crippen molar-refractivity contribution in [2.24, 2.45) is 0 Å². The normalized spacial score (nSPS) is 36.5. The molecule has 0 bridgehead atoms. The van der Waals surface area contributed by atoms with Crippen LogP contribution >= 0.6 is 0 Å². The van der Waals surface area contributed by atoms with Gasteiger partial charge in [0.25, 0.3) is 0 Å². The van der Waals surface area contributed by atoms with E-state index in [0.29, 0.717) is 12.0 Å². The van der Waals surface area contributed by atoms with Gasteiger partial charge in [-0.05, 0) is 33.4 Å². The minimum atomic E-state index is -0.916. The van der Waals surface area contributed by atoms with Gasteiger partial charge in [0.2, 0.25) is 0 Å². The molecule has 3 heterocycles. The number of ketones is 2. The van der Waals surface area contributed by atoms with E-state index in [1.807, 2.05) is 0 Å². The summed E-state index contributed by atoms with van der Waals surface area (Å²) in [7, 11) is 1.74. The second kappa shape index (κ2) is 7.48. The Morgan fingerprint density at radius 1 is 1.06 bits per heavy atom. The van der Waals surface area contributed by atoms with Gasteiger partial charge in [0.15, 0.2) is 17.7 Å². The number of benzene rings is 1. The molecule has 170 valence electrons. The van der Waals surface area contributed by atoms with Gasteiger partial charge >= 0.3 is 5.97 Å². The Labute approximate surface area is 184 Å². The molecule has 1 aliphatic carbocycles. The lowest BCUT2D eigenvalue weighted by atomic mass is 9.76. The number of aliphatic hydroxyl groups excluding tert-OH is 1. The highest BCUT2D eigenvalue weighted by Gasteiger charge is 2.51. The molecule has 1 aromatic rings. The zero-order valence-electron chi connectivity index (χ0n) is 18.0. The minimum absolute atomic E-state index is 0.0278. The van der Waals surface area contributed by atoms with Gasteiger partial charge in [-0.25, -0.2) is 0 Å². The second-order valence-corrected chi connectivity index (χ2v) is 8.79. The van der Waals surface area contributed by atoms with Gasteiger partial charge in [-0.15, -0.1) is 0 Å². The Morgan fingerprint density at radius 2 is 1.81 bits per heavy atom. The topological polar surface area (TPSA) is 131 Å². The Kier molecular flexibility index (Phi) is 4.97. The predicted octanol–water partition coefficient (Wildman–Crippen LogP) is 0.969. The van der Waals surface area contributed by atoms with Crippen molar-refractivity contribution in [3.05, 3.63) is 40.0 Å². The van der Waals surface area contributed by atoms with Gasteiger partial charge in [0.05, 0.1) is 42.0 Å². The number of esters is 1. The number of carbonyl (C=O) groups is 3. The summed E-state index contributed by atoms with van der Waals surface area (Å²) in [6.45, 7) is 3.39. The molecule has 0 saturated carbocycles. The molecule has 1 aromatic carbocycles. The lowest BCUT2D eigenvalue weighted by Gasteiger charge is -2.39. The molecule has 2 saturated heterocycles. The quantitative estimate of drug-likeness (QED) is 0.572. The van der Waals surface area contributed by atoms with Gasteiger partial charge in [-0.1, -0.05) is 6.07 Å². The Balaban J connectivity index is 1.57. The van der Waals surface area contributed by atoms with E-state index in [0.717, 1.165) is 0 Å². The van der Waals surface area contributed by atoms with Crippen LogP contribution in [0.15, 0.2) is 23.3 Å². The van der Waals surface area contributed by atoms with Crippen LogP contribution in [0.5, 0.6) is 5.75 Å². The van der Waals surface area contributed by atoms with Crippen molar-refractivity contribution in [2.45, 2.75) is 69.4 Å². The van der Waals surface area contributed by atoms with E-state index in [9.17, 15) is 24.6 Å². The lowest BCUT2D eigenvalue weighted by molar-refractivity contribution is -0.140. The number of aliphatic hydroxyl groups is 1. The van der Waals surface area contributed by atoms with Crippen LogP contribution in [0.2, 0.25) is 0 Å². The highest BCUT2D eigenvalue weighted by atomic mass is 16.6. The molecule has 3 aliphatic heterocycles. The molecule has 0 radical (unpaired) electrons. The number of phenols is 1. The number of rotatable bonds is 2. The van der Waals surface area contributed by atoms with Gasteiger partial charge in [-0.2, -0.15) is 0 Å².